The highest BCUT2D eigenvalue weighted by molar-refractivity contribution is 7.18. The van der Waals surface area contributed by atoms with Gasteiger partial charge < -0.3 is 0 Å². The maximum atomic E-state index is 6.17. The van der Waals surface area contributed by atoms with Gasteiger partial charge >= 0.3 is 0 Å². The molecule has 0 aliphatic rings. The molecular formula is C15H11ClN2S. The number of hydrogen-bond donors (Lipinski definition) is 0. The lowest BCUT2D eigenvalue weighted by Gasteiger charge is -1.97. The highest BCUT2D eigenvalue weighted by atomic mass is 35.5. The highest BCUT2D eigenvalue weighted by Crippen LogP contribution is 2.33. The zero-order valence-electron chi connectivity index (χ0n) is 10.3. The third-order valence-corrected chi connectivity index (χ3v) is 4.16. The van der Waals surface area contributed by atoms with Gasteiger partial charge in [0.05, 0.1) is 5.02 Å². The normalized spacial score (nSPS) is 10.6. The van der Waals surface area contributed by atoms with Crippen molar-refractivity contribution in [2.75, 3.05) is 0 Å². The van der Waals surface area contributed by atoms with Gasteiger partial charge in [-0.05, 0) is 13.0 Å². The van der Waals surface area contributed by atoms with Crippen molar-refractivity contribution in [3.05, 3.63) is 59.1 Å². The molecule has 0 unspecified atom stereocenters. The van der Waals surface area contributed by atoms with E-state index in [0.717, 1.165) is 21.1 Å². The van der Waals surface area contributed by atoms with Crippen molar-refractivity contribution >= 4 is 22.9 Å². The standard InChI is InChI=1S/C15H11ClN2S/c1-10-6-8-11(9-7-10)14-17-18-15(19-14)12-4-2-3-5-13(12)16/h2-9H,1H3. The largest absolute Gasteiger partial charge is 0.149 e. The molecule has 0 fully saturated rings. The average Bonchev–Trinajstić information content (AvgIpc) is 2.89. The lowest BCUT2D eigenvalue weighted by molar-refractivity contribution is 1.10. The molecule has 4 heteroatoms. The van der Waals surface area contributed by atoms with Gasteiger partial charge in [0.1, 0.15) is 10.0 Å². The lowest BCUT2D eigenvalue weighted by atomic mass is 10.2. The second kappa shape index (κ2) is 5.11. The van der Waals surface area contributed by atoms with Crippen LogP contribution in [0.3, 0.4) is 0 Å². The summed E-state index contributed by atoms with van der Waals surface area (Å²) in [6, 6.07) is 16.0. The molecule has 1 heterocycles. The van der Waals surface area contributed by atoms with Crippen LogP contribution in [-0.2, 0) is 0 Å². The van der Waals surface area contributed by atoms with Crippen molar-refractivity contribution in [2.45, 2.75) is 6.92 Å². The second-order valence-electron chi connectivity index (χ2n) is 4.26. The van der Waals surface area contributed by atoms with Gasteiger partial charge in [-0.25, -0.2) is 0 Å². The van der Waals surface area contributed by atoms with Crippen LogP contribution in [0.2, 0.25) is 5.02 Å². The summed E-state index contributed by atoms with van der Waals surface area (Å²) in [6.07, 6.45) is 0. The summed E-state index contributed by atoms with van der Waals surface area (Å²) < 4.78 is 0. The minimum atomic E-state index is 0.703. The molecule has 0 N–H and O–H groups in total. The number of aryl methyl sites for hydroxylation is 1. The topological polar surface area (TPSA) is 25.8 Å². The average molecular weight is 287 g/mol. The molecule has 0 spiro atoms. The maximum absolute atomic E-state index is 6.17. The summed E-state index contributed by atoms with van der Waals surface area (Å²) in [7, 11) is 0. The van der Waals surface area contributed by atoms with Gasteiger partial charge in [0, 0.05) is 11.1 Å². The van der Waals surface area contributed by atoms with Crippen LogP contribution >= 0.6 is 22.9 Å². The smallest absolute Gasteiger partial charge is 0.138 e. The number of hydrogen-bond acceptors (Lipinski definition) is 3. The third kappa shape index (κ3) is 2.53. The predicted molar refractivity (Wildman–Crippen MR) is 80.5 cm³/mol. The molecular weight excluding hydrogens is 276 g/mol. The lowest BCUT2D eigenvalue weighted by Crippen LogP contribution is -1.78. The summed E-state index contributed by atoms with van der Waals surface area (Å²) >= 11 is 7.73. The number of benzene rings is 2. The summed E-state index contributed by atoms with van der Waals surface area (Å²) in [5.74, 6) is 0. The van der Waals surface area contributed by atoms with E-state index in [9.17, 15) is 0 Å². The van der Waals surface area contributed by atoms with Crippen molar-refractivity contribution in [3.8, 4) is 21.1 Å². The van der Waals surface area contributed by atoms with Gasteiger partial charge in [-0.3, -0.25) is 0 Å². The maximum Gasteiger partial charge on any atom is 0.149 e. The fourth-order valence-electron chi connectivity index (χ4n) is 1.78. The minimum Gasteiger partial charge on any atom is -0.138 e. The highest BCUT2D eigenvalue weighted by Gasteiger charge is 2.10. The van der Waals surface area contributed by atoms with Gasteiger partial charge in [0.15, 0.2) is 0 Å². The van der Waals surface area contributed by atoms with E-state index < -0.39 is 0 Å². The Morgan fingerprint density at radius 2 is 1.58 bits per heavy atom. The zero-order chi connectivity index (χ0) is 13.2. The Labute approximate surface area is 120 Å². The Balaban J connectivity index is 2.00. The fraction of sp³-hybridized carbons (Fsp3) is 0.0667. The predicted octanol–water partition coefficient (Wildman–Crippen LogP) is 4.83. The third-order valence-electron chi connectivity index (χ3n) is 2.83. The van der Waals surface area contributed by atoms with Gasteiger partial charge in [0.25, 0.3) is 0 Å². The van der Waals surface area contributed by atoms with Crippen molar-refractivity contribution in [2.24, 2.45) is 0 Å². The van der Waals surface area contributed by atoms with Gasteiger partial charge in [-0.15, -0.1) is 10.2 Å². The number of nitrogens with zero attached hydrogens (tertiary/aromatic N) is 2. The Bertz CT molecular complexity index is 704. The van der Waals surface area contributed by atoms with Crippen molar-refractivity contribution in [3.63, 3.8) is 0 Å². The van der Waals surface area contributed by atoms with Crippen LogP contribution in [0.4, 0.5) is 0 Å². The molecule has 0 saturated carbocycles. The molecule has 0 saturated heterocycles. The van der Waals surface area contributed by atoms with E-state index in [1.54, 1.807) is 11.3 Å². The molecule has 94 valence electrons. The van der Waals surface area contributed by atoms with Crippen LogP contribution in [0, 0.1) is 6.92 Å². The Morgan fingerprint density at radius 1 is 0.895 bits per heavy atom. The Kier molecular flexibility index (Phi) is 3.32. The van der Waals surface area contributed by atoms with E-state index in [-0.39, 0.29) is 0 Å². The summed E-state index contributed by atoms with van der Waals surface area (Å²) in [5, 5.41) is 10.9. The summed E-state index contributed by atoms with van der Waals surface area (Å²) in [6.45, 7) is 2.07. The van der Waals surface area contributed by atoms with Crippen molar-refractivity contribution in [1.82, 2.24) is 10.2 Å². The molecule has 0 aliphatic heterocycles. The minimum absolute atomic E-state index is 0.703. The summed E-state index contributed by atoms with van der Waals surface area (Å²) in [4.78, 5) is 0. The van der Waals surface area contributed by atoms with E-state index in [1.165, 1.54) is 5.56 Å². The van der Waals surface area contributed by atoms with Crippen molar-refractivity contribution in [1.29, 1.82) is 0 Å². The SMILES string of the molecule is Cc1ccc(-c2nnc(-c3ccccc3Cl)s2)cc1. The number of halogens is 1. The summed E-state index contributed by atoms with van der Waals surface area (Å²) in [5.41, 5.74) is 3.25. The van der Waals surface area contributed by atoms with E-state index in [0.29, 0.717) is 5.02 Å². The quantitative estimate of drug-likeness (QED) is 0.674. The van der Waals surface area contributed by atoms with Gasteiger partial charge in [-0.2, -0.15) is 0 Å². The first kappa shape index (κ1) is 12.3. The van der Waals surface area contributed by atoms with Crippen LogP contribution in [0.5, 0.6) is 0 Å². The van der Waals surface area contributed by atoms with E-state index >= 15 is 0 Å². The van der Waals surface area contributed by atoms with E-state index in [1.807, 2.05) is 24.3 Å². The first-order valence-corrected chi connectivity index (χ1v) is 7.09. The molecule has 0 atom stereocenters. The number of aromatic nitrogens is 2. The molecule has 3 aromatic rings. The molecule has 3 rings (SSSR count). The monoisotopic (exact) mass is 286 g/mol. The van der Waals surface area contributed by atoms with Crippen LogP contribution < -0.4 is 0 Å². The van der Waals surface area contributed by atoms with Gasteiger partial charge in [0.2, 0.25) is 0 Å². The molecule has 0 radical (unpaired) electrons. The Hall–Kier alpha value is -1.71. The Morgan fingerprint density at radius 3 is 2.32 bits per heavy atom. The number of rotatable bonds is 2. The molecule has 0 aliphatic carbocycles. The molecule has 19 heavy (non-hydrogen) atoms. The molecule has 2 aromatic carbocycles. The first-order valence-electron chi connectivity index (χ1n) is 5.89. The zero-order valence-corrected chi connectivity index (χ0v) is 11.9. The molecule has 0 amide bonds. The van der Waals surface area contributed by atoms with Crippen LogP contribution in [0.25, 0.3) is 21.1 Å². The molecule has 0 bridgehead atoms. The fourth-order valence-corrected chi connectivity index (χ4v) is 2.95. The second-order valence-corrected chi connectivity index (χ2v) is 5.64. The van der Waals surface area contributed by atoms with Crippen LogP contribution in [0.15, 0.2) is 48.5 Å². The van der Waals surface area contributed by atoms with Crippen LogP contribution in [-0.4, -0.2) is 10.2 Å². The van der Waals surface area contributed by atoms with Crippen molar-refractivity contribution < 1.29 is 0 Å². The van der Waals surface area contributed by atoms with Crippen LogP contribution in [0.1, 0.15) is 5.56 Å². The van der Waals surface area contributed by atoms with Gasteiger partial charge in [-0.1, -0.05) is 71.0 Å². The molecule has 1 aromatic heterocycles. The van der Waals surface area contributed by atoms with E-state index in [4.69, 9.17) is 11.6 Å². The van der Waals surface area contributed by atoms with E-state index in [2.05, 4.69) is 41.4 Å². The molecule has 2 nitrogen and oxygen atoms in total. The first-order chi connectivity index (χ1) is 9.24.